The van der Waals surface area contributed by atoms with E-state index in [1.54, 1.807) is 0 Å². The number of rotatable bonds is 3. The monoisotopic (exact) mass is 299 g/mol. The number of urea groups is 1. The van der Waals surface area contributed by atoms with E-state index in [-0.39, 0.29) is 11.3 Å². The molecule has 0 saturated carbocycles. The molecule has 0 saturated heterocycles. The van der Waals surface area contributed by atoms with Crippen LogP contribution in [0.5, 0.6) is 0 Å². The number of nitrogens with zero attached hydrogens (tertiary/aromatic N) is 1. The SMILES string of the molecule is N#Cc1ccc(NC(=O)Nc2ccc(F)cc2C(=O)O)cc1. The molecule has 110 valence electrons. The van der Waals surface area contributed by atoms with Crippen LogP contribution in [-0.2, 0) is 0 Å². The summed E-state index contributed by atoms with van der Waals surface area (Å²) in [6.45, 7) is 0. The Morgan fingerprint density at radius 1 is 1.09 bits per heavy atom. The smallest absolute Gasteiger partial charge is 0.337 e. The van der Waals surface area contributed by atoms with E-state index in [0.717, 1.165) is 18.2 Å². The van der Waals surface area contributed by atoms with Crippen LogP contribution in [0.2, 0.25) is 0 Å². The minimum Gasteiger partial charge on any atom is -0.478 e. The van der Waals surface area contributed by atoms with E-state index in [9.17, 15) is 14.0 Å². The molecule has 2 aromatic rings. The minimum absolute atomic E-state index is 0.0277. The van der Waals surface area contributed by atoms with E-state index < -0.39 is 17.8 Å². The molecule has 6 nitrogen and oxygen atoms in total. The van der Waals surface area contributed by atoms with Gasteiger partial charge in [-0.2, -0.15) is 5.26 Å². The molecule has 0 radical (unpaired) electrons. The first-order valence-corrected chi connectivity index (χ1v) is 6.10. The number of carbonyl (C=O) groups excluding carboxylic acids is 1. The highest BCUT2D eigenvalue weighted by atomic mass is 19.1. The van der Waals surface area contributed by atoms with Crippen molar-refractivity contribution in [3.8, 4) is 6.07 Å². The van der Waals surface area contributed by atoms with Gasteiger partial charge >= 0.3 is 12.0 Å². The Bertz CT molecular complexity index is 767. The molecule has 0 atom stereocenters. The van der Waals surface area contributed by atoms with E-state index in [1.807, 2.05) is 6.07 Å². The van der Waals surface area contributed by atoms with Gasteiger partial charge in [0.25, 0.3) is 0 Å². The number of benzene rings is 2. The van der Waals surface area contributed by atoms with Gasteiger partial charge in [0.2, 0.25) is 0 Å². The molecule has 0 bridgehead atoms. The van der Waals surface area contributed by atoms with E-state index >= 15 is 0 Å². The molecule has 0 aromatic heterocycles. The third-order valence-electron chi connectivity index (χ3n) is 2.73. The van der Waals surface area contributed by atoms with Gasteiger partial charge in [-0.25, -0.2) is 14.0 Å². The third kappa shape index (κ3) is 3.58. The van der Waals surface area contributed by atoms with Crippen LogP contribution in [0.1, 0.15) is 15.9 Å². The first kappa shape index (κ1) is 15.0. The van der Waals surface area contributed by atoms with Crippen molar-refractivity contribution in [2.24, 2.45) is 0 Å². The van der Waals surface area contributed by atoms with Crippen molar-refractivity contribution in [2.75, 3.05) is 10.6 Å². The minimum atomic E-state index is -1.35. The van der Waals surface area contributed by atoms with Gasteiger partial charge in [-0.05, 0) is 42.5 Å². The second-order valence-electron chi connectivity index (χ2n) is 4.26. The molecule has 0 spiro atoms. The lowest BCUT2D eigenvalue weighted by atomic mass is 10.1. The van der Waals surface area contributed by atoms with Gasteiger partial charge in [0, 0.05) is 5.69 Å². The van der Waals surface area contributed by atoms with Crippen LogP contribution in [0.4, 0.5) is 20.6 Å². The molecule has 2 aromatic carbocycles. The standard InChI is InChI=1S/C15H10FN3O3/c16-10-3-6-13(12(7-10)14(20)21)19-15(22)18-11-4-1-9(8-17)2-5-11/h1-7H,(H,20,21)(H2,18,19,22). The second-order valence-corrected chi connectivity index (χ2v) is 4.26. The molecule has 0 heterocycles. The van der Waals surface area contributed by atoms with E-state index in [1.165, 1.54) is 24.3 Å². The summed E-state index contributed by atoms with van der Waals surface area (Å²) in [6, 6.07) is 10.4. The third-order valence-corrected chi connectivity index (χ3v) is 2.73. The fraction of sp³-hybridized carbons (Fsp3) is 0. The number of amides is 2. The largest absolute Gasteiger partial charge is 0.478 e. The van der Waals surface area contributed by atoms with Crippen molar-refractivity contribution < 1.29 is 19.1 Å². The number of carboxylic acid groups (broad SMARTS) is 1. The van der Waals surface area contributed by atoms with Crippen molar-refractivity contribution in [1.29, 1.82) is 5.26 Å². The van der Waals surface area contributed by atoms with Crippen molar-refractivity contribution in [3.63, 3.8) is 0 Å². The average molecular weight is 299 g/mol. The molecule has 7 heteroatoms. The molecule has 2 amide bonds. The number of halogens is 1. The number of carbonyl (C=O) groups is 2. The van der Waals surface area contributed by atoms with Crippen LogP contribution >= 0.6 is 0 Å². The predicted octanol–water partition coefficient (Wildman–Crippen LogP) is 3.04. The Labute approximate surface area is 124 Å². The number of carboxylic acids is 1. The van der Waals surface area contributed by atoms with Crippen molar-refractivity contribution in [2.45, 2.75) is 0 Å². The van der Waals surface area contributed by atoms with Crippen LogP contribution in [0.3, 0.4) is 0 Å². The zero-order chi connectivity index (χ0) is 16.1. The first-order valence-electron chi connectivity index (χ1n) is 6.10. The van der Waals surface area contributed by atoms with Crippen molar-refractivity contribution in [3.05, 3.63) is 59.4 Å². The Hall–Kier alpha value is -3.40. The Morgan fingerprint density at radius 3 is 2.36 bits per heavy atom. The quantitative estimate of drug-likeness (QED) is 0.810. The van der Waals surface area contributed by atoms with Gasteiger partial charge in [-0.3, -0.25) is 0 Å². The van der Waals surface area contributed by atoms with Gasteiger partial charge in [0.15, 0.2) is 0 Å². The lowest BCUT2D eigenvalue weighted by Gasteiger charge is -2.10. The number of hydrogen-bond donors (Lipinski definition) is 3. The summed E-state index contributed by atoms with van der Waals surface area (Å²) in [4.78, 5) is 22.8. The molecule has 22 heavy (non-hydrogen) atoms. The summed E-state index contributed by atoms with van der Waals surface area (Å²) in [5.41, 5.74) is 0.489. The summed E-state index contributed by atoms with van der Waals surface area (Å²) < 4.78 is 13.0. The Kier molecular flexibility index (Phi) is 4.34. The first-order chi connectivity index (χ1) is 10.5. The summed E-state index contributed by atoms with van der Waals surface area (Å²) in [6.07, 6.45) is 0. The lowest BCUT2D eigenvalue weighted by molar-refractivity contribution is 0.0697. The summed E-state index contributed by atoms with van der Waals surface area (Å²) >= 11 is 0. The summed E-state index contributed by atoms with van der Waals surface area (Å²) in [5.74, 6) is -2.07. The molecule has 3 N–H and O–H groups in total. The maximum Gasteiger partial charge on any atom is 0.337 e. The van der Waals surface area contributed by atoms with Gasteiger partial charge in [-0.15, -0.1) is 0 Å². The van der Waals surface area contributed by atoms with E-state index in [0.29, 0.717) is 11.3 Å². The van der Waals surface area contributed by atoms with Gasteiger partial charge < -0.3 is 15.7 Å². The Morgan fingerprint density at radius 2 is 1.77 bits per heavy atom. The maximum atomic E-state index is 13.0. The number of nitriles is 1. The van der Waals surface area contributed by atoms with Crippen LogP contribution in [-0.4, -0.2) is 17.1 Å². The maximum absolute atomic E-state index is 13.0. The van der Waals surface area contributed by atoms with Crippen molar-refractivity contribution >= 4 is 23.4 Å². The number of anilines is 2. The number of nitrogens with one attached hydrogen (secondary N) is 2. The van der Waals surface area contributed by atoms with Gasteiger partial charge in [-0.1, -0.05) is 0 Å². The average Bonchev–Trinajstić information content (AvgIpc) is 2.49. The zero-order valence-electron chi connectivity index (χ0n) is 11.1. The van der Waals surface area contributed by atoms with E-state index in [2.05, 4.69) is 10.6 Å². The topological polar surface area (TPSA) is 102 Å². The fourth-order valence-corrected chi connectivity index (χ4v) is 1.72. The number of aromatic carboxylic acids is 1. The van der Waals surface area contributed by atoms with Crippen LogP contribution in [0.25, 0.3) is 0 Å². The molecular formula is C15H10FN3O3. The predicted molar refractivity (Wildman–Crippen MR) is 77.2 cm³/mol. The molecule has 0 aliphatic heterocycles. The van der Waals surface area contributed by atoms with Crippen LogP contribution in [0, 0.1) is 17.1 Å². The Balaban J connectivity index is 2.12. The highest BCUT2D eigenvalue weighted by Gasteiger charge is 2.13. The lowest BCUT2D eigenvalue weighted by Crippen LogP contribution is -2.21. The van der Waals surface area contributed by atoms with E-state index in [4.69, 9.17) is 10.4 Å². The second kappa shape index (κ2) is 6.37. The molecule has 0 fully saturated rings. The number of hydrogen-bond acceptors (Lipinski definition) is 3. The molecular weight excluding hydrogens is 289 g/mol. The molecule has 2 rings (SSSR count). The molecule has 0 unspecified atom stereocenters. The zero-order valence-corrected chi connectivity index (χ0v) is 11.1. The molecule has 0 aliphatic rings. The van der Waals surface area contributed by atoms with Crippen molar-refractivity contribution in [1.82, 2.24) is 0 Å². The fourth-order valence-electron chi connectivity index (χ4n) is 1.72. The highest BCUT2D eigenvalue weighted by molar-refractivity contribution is 6.04. The highest BCUT2D eigenvalue weighted by Crippen LogP contribution is 2.18. The van der Waals surface area contributed by atoms with Gasteiger partial charge in [0.1, 0.15) is 5.82 Å². The molecule has 0 aliphatic carbocycles. The summed E-state index contributed by atoms with van der Waals surface area (Å²) in [5, 5.41) is 22.5. The normalized spacial score (nSPS) is 9.64. The van der Waals surface area contributed by atoms with Crippen LogP contribution in [0.15, 0.2) is 42.5 Å². The summed E-state index contributed by atoms with van der Waals surface area (Å²) in [7, 11) is 0. The van der Waals surface area contributed by atoms with Crippen LogP contribution < -0.4 is 10.6 Å². The van der Waals surface area contributed by atoms with Gasteiger partial charge in [0.05, 0.1) is 22.9 Å².